The molecule has 25 heavy (non-hydrogen) atoms. The van der Waals surface area contributed by atoms with Crippen molar-refractivity contribution in [2.75, 3.05) is 7.11 Å². The third-order valence-corrected chi connectivity index (χ3v) is 4.03. The van der Waals surface area contributed by atoms with Gasteiger partial charge in [-0.25, -0.2) is 9.78 Å². The van der Waals surface area contributed by atoms with E-state index in [-0.39, 0.29) is 12.3 Å². The molecule has 1 fully saturated rings. The van der Waals surface area contributed by atoms with Crippen molar-refractivity contribution in [2.24, 2.45) is 0 Å². The maximum absolute atomic E-state index is 12.3. The number of esters is 1. The zero-order chi connectivity index (χ0) is 17.8. The van der Waals surface area contributed by atoms with Crippen molar-refractivity contribution < 1.29 is 19.1 Å². The Balaban J connectivity index is 1.74. The van der Waals surface area contributed by atoms with Crippen molar-refractivity contribution in [1.82, 2.24) is 20.6 Å². The zero-order valence-corrected chi connectivity index (χ0v) is 13.7. The summed E-state index contributed by atoms with van der Waals surface area (Å²) in [5.74, 6) is -1.15. The highest BCUT2D eigenvalue weighted by Crippen LogP contribution is 2.11. The third-order valence-electron chi connectivity index (χ3n) is 4.03. The summed E-state index contributed by atoms with van der Waals surface area (Å²) in [5.41, 5.74) is 2.02. The van der Waals surface area contributed by atoms with E-state index in [0.717, 1.165) is 5.52 Å². The summed E-state index contributed by atoms with van der Waals surface area (Å²) in [4.78, 5) is 44.3. The molecule has 1 aliphatic heterocycles. The Labute approximate surface area is 144 Å². The molecule has 2 N–H and O–H groups in total. The summed E-state index contributed by atoms with van der Waals surface area (Å²) in [6.45, 7) is 0. The Morgan fingerprint density at radius 2 is 2.12 bits per heavy atom. The zero-order valence-electron chi connectivity index (χ0n) is 13.7. The molecule has 3 rings (SSSR count). The molecule has 2 aromatic rings. The van der Waals surface area contributed by atoms with Gasteiger partial charge in [-0.05, 0) is 18.6 Å². The fraction of sp³-hybridized carbons (Fsp3) is 0.353. The van der Waals surface area contributed by atoms with Crippen LogP contribution in [0.25, 0.3) is 11.0 Å². The van der Waals surface area contributed by atoms with E-state index >= 15 is 0 Å². The number of hydrogen-bond donors (Lipinski definition) is 2. The van der Waals surface area contributed by atoms with Crippen LogP contribution in [-0.2, 0) is 25.5 Å². The molecule has 130 valence electrons. The third kappa shape index (κ3) is 3.90. The molecule has 0 aliphatic carbocycles. The van der Waals surface area contributed by atoms with Gasteiger partial charge in [0.15, 0.2) is 0 Å². The van der Waals surface area contributed by atoms with Gasteiger partial charge >= 0.3 is 5.97 Å². The molecule has 1 aromatic heterocycles. The van der Waals surface area contributed by atoms with Crippen LogP contribution in [0.2, 0.25) is 0 Å². The molecule has 0 bridgehead atoms. The van der Waals surface area contributed by atoms with Gasteiger partial charge < -0.3 is 15.4 Å². The highest BCUT2D eigenvalue weighted by atomic mass is 16.5. The van der Waals surface area contributed by atoms with Gasteiger partial charge in [0.1, 0.15) is 12.1 Å². The average molecular weight is 342 g/mol. The first-order valence-corrected chi connectivity index (χ1v) is 7.95. The molecule has 1 saturated heterocycles. The van der Waals surface area contributed by atoms with Gasteiger partial charge in [0.2, 0.25) is 11.8 Å². The Morgan fingerprint density at radius 1 is 1.36 bits per heavy atom. The molecule has 2 atom stereocenters. The quantitative estimate of drug-likeness (QED) is 0.746. The molecule has 8 nitrogen and oxygen atoms in total. The standard InChI is InChI=1S/C17H18N4O4/c1-25-17(24)14(21-16(23)13-6-7-15(22)20-13)8-10-9-18-11-4-2-3-5-12(11)19-10/h2-5,9,13-14H,6-8H2,1H3,(H,20,22)(H,21,23)/t13-,14+/m0/s1. The number of hydrogen-bond acceptors (Lipinski definition) is 6. The lowest BCUT2D eigenvalue weighted by Crippen LogP contribution is -2.50. The largest absolute Gasteiger partial charge is 0.467 e. The maximum atomic E-state index is 12.3. The Hall–Kier alpha value is -3.03. The van der Waals surface area contributed by atoms with E-state index in [9.17, 15) is 14.4 Å². The van der Waals surface area contributed by atoms with Gasteiger partial charge in [0, 0.05) is 19.0 Å². The van der Waals surface area contributed by atoms with E-state index in [0.29, 0.717) is 24.1 Å². The number of ether oxygens (including phenoxy) is 1. The minimum absolute atomic E-state index is 0.150. The van der Waals surface area contributed by atoms with Gasteiger partial charge in [-0.3, -0.25) is 14.6 Å². The number of para-hydroxylation sites is 2. The van der Waals surface area contributed by atoms with E-state index in [1.807, 2.05) is 24.3 Å². The number of fused-ring (bicyclic) bond motifs is 1. The fourth-order valence-electron chi connectivity index (χ4n) is 2.72. The Kier molecular flexibility index (Phi) is 4.87. The van der Waals surface area contributed by atoms with Crippen molar-refractivity contribution >= 4 is 28.8 Å². The van der Waals surface area contributed by atoms with Gasteiger partial charge in [-0.2, -0.15) is 0 Å². The van der Waals surface area contributed by atoms with E-state index < -0.39 is 24.0 Å². The first kappa shape index (κ1) is 16.8. The van der Waals surface area contributed by atoms with Gasteiger partial charge in [-0.15, -0.1) is 0 Å². The van der Waals surface area contributed by atoms with Crippen molar-refractivity contribution in [3.8, 4) is 0 Å². The minimum atomic E-state index is -0.898. The number of carbonyl (C=O) groups excluding carboxylic acids is 3. The minimum Gasteiger partial charge on any atom is -0.467 e. The second-order valence-corrected chi connectivity index (χ2v) is 5.80. The van der Waals surface area contributed by atoms with Crippen LogP contribution < -0.4 is 10.6 Å². The van der Waals surface area contributed by atoms with Crippen LogP contribution in [0, 0.1) is 0 Å². The topological polar surface area (TPSA) is 110 Å². The first-order chi connectivity index (χ1) is 12.1. The predicted octanol–water partition coefficient (Wildman–Crippen LogP) is 0.109. The molecule has 0 radical (unpaired) electrons. The van der Waals surface area contributed by atoms with Crippen molar-refractivity contribution in [2.45, 2.75) is 31.3 Å². The number of rotatable bonds is 5. The van der Waals surface area contributed by atoms with Crippen LogP contribution in [0.5, 0.6) is 0 Å². The average Bonchev–Trinajstić information content (AvgIpc) is 3.07. The molecule has 1 aromatic carbocycles. The summed E-state index contributed by atoms with van der Waals surface area (Å²) in [6.07, 6.45) is 2.43. The highest BCUT2D eigenvalue weighted by Gasteiger charge is 2.31. The SMILES string of the molecule is COC(=O)[C@@H](Cc1cnc2ccccc2n1)NC(=O)[C@@H]1CCC(=O)N1. The molecule has 2 heterocycles. The number of methoxy groups -OCH3 is 1. The Bertz CT molecular complexity index is 823. The van der Waals surface area contributed by atoms with Crippen LogP contribution in [-0.4, -0.2) is 46.9 Å². The maximum Gasteiger partial charge on any atom is 0.328 e. The van der Waals surface area contributed by atoms with E-state index in [4.69, 9.17) is 4.74 Å². The molecular formula is C17H18N4O4. The lowest BCUT2D eigenvalue weighted by Gasteiger charge is -2.18. The van der Waals surface area contributed by atoms with Gasteiger partial charge in [-0.1, -0.05) is 12.1 Å². The second kappa shape index (κ2) is 7.25. The summed E-state index contributed by atoms with van der Waals surface area (Å²) >= 11 is 0. The molecule has 0 spiro atoms. The van der Waals surface area contributed by atoms with E-state index in [1.54, 1.807) is 6.20 Å². The summed E-state index contributed by atoms with van der Waals surface area (Å²) in [5, 5.41) is 5.20. The van der Waals surface area contributed by atoms with Crippen LogP contribution >= 0.6 is 0 Å². The predicted molar refractivity (Wildman–Crippen MR) is 88.4 cm³/mol. The summed E-state index contributed by atoms with van der Waals surface area (Å²) < 4.78 is 4.77. The van der Waals surface area contributed by atoms with Crippen molar-refractivity contribution in [3.63, 3.8) is 0 Å². The summed E-state index contributed by atoms with van der Waals surface area (Å²) in [6, 6.07) is 5.86. The van der Waals surface area contributed by atoms with Gasteiger partial charge in [0.25, 0.3) is 0 Å². The monoisotopic (exact) mass is 342 g/mol. The molecule has 0 saturated carbocycles. The molecule has 0 unspecified atom stereocenters. The number of benzene rings is 1. The normalized spacial score (nSPS) is 17.8. The lowest BCUT2D eigenvalue weighted by atomic mass is 10.1. The van der Waals surface area contributed by atoms with Crippen LogP contribution in [0.4, 0.5) is 0 Å². The Morgan fingerprint density at radius 3 is 2.80 bits per heavy atom. The van der Waals surface area contributed by atoms with E-state index in [2.05, 4.69) is 20.6 Å². The number of nitrogens with zero attached hydrogens (tertiary/aromatic N) is 2. The highest BCUT2D eigenvalue weighted by molar-refractivity contribution is 5.93. The van der Waals surface area contributed by atoms with Crippen LogP contribution in [0.1, 0.15) is 18.5 Å². The number of nitrogens with one attached hydrogen (secondary N) is 2. The first-order valence-electron chi connectivity index (χ1n) is 7.95. The number of aromatic nitrogens is 2. The lowest BCUT2D eigenvalue weighted by molar-refractivity contribution is -0.145. The molecule has 8 heteroatoms. The van der Waals surface area contributed by atoms with Crippen molar-refractivity contribution in [3.05, 3.63) is 36.2 Å². The molecular weight excluding hydrogens is 324 g/mol. The van der Waals surface area contributed by atoms with Crippen molar-refractivity contribution in [1.29, 1.82) is 0 Å². The second-order valence-electron chi connectivity index (χ2n) is 5.80. The number of carbonyl (C=O) groups is 3. The van der Waals surface area contributed by atoms with Gasteiger partial charge in [0.05, 0.1) is 23.8 Å². The van der Waals surface area contributed by atoms with Crippen LogP contribution in [0.15, 0.2) is 30.5 Å². The van der Waals surface area contributed by atoms with Crippen LogP contribution in [0.3, 0.4) is 0 Å². The van der Waals surface area contributed by atoms with E-state index in [1.165, 1.54) is 7.11 Å². The molecule has 1 aliphatic rings. The molecule has 2 amide bonds. The summed E-state index contributed by atoms with van der Waals surface area (Å²) in [7, 11) is 1.25. The number of amides is 2. The smallest absolute Gasteiger partial charge is 0.328 e. The fourth-order valence-corrected chi connectivity index (χ4v) is 2.72.